The molecule has 0 heterocycles. The maximum absolute atomic E-state index is 5.88. The zero-order valence-electron chi connectivity index (χ0n) is 8.72. The van der Waals surface area contributed by atoms with E-state index in [0.29, 0.717) is 0 Å². The molecule has 0 unspecified atom stereocenters. The average Bonchev–Trinajstić information content (AvgIpc) is 2.20. The summed E-state index contributed by atoms with van der Waals surface area (Å²) in [6.07, 6.45) is 1.21. The second kappa shape index (κ2) is 7.63. The first-order valence-corrected chi connectivity index (χ1v) is 7.62. The fraction of sp³-hybridized carbons (Fsp3) is 0.455. The molecule has 1 N–H and O–H groups in total. The third kappa shape index (κ3) is 5.31. The number of hydrogen-bond donors (Lipinski definition) is 1. The van der Waals surface area contributed by atoms with Crippen LogP contribution < -0.4 is 5.32 Å². The van der Waals surface area contributed by atoms with Crippen LogP contribution in [0.3, 0.4) is 0 Å². The molecule has 0 aliphatic carbocycles. The Morgan fingerprint density at radius 1 is 1.47 bits per heavy atom. The lowest BCUT2D eigenvalue weighted by Crippen LogP contribution is -2.03. The number of anilines is 1. The first-order chi connectivity index (χ1) is 7.24. The predicted octanol–water partition coefficient (Wildman–Crippen LogP) is 4.50. The summed E-state index contributed by atoms with van der Waals surface area (Å²) in [5, 5.41) is 4.22. The highest BCUT2D eigenvalue weighted by atomic mass is 127. The van der Waals surface area contributed by atoms with Crippen molar-refractivity contribution in [3.63, 3.8) is 0 Å². The van der Waals surface area contributed by atoms with Gasteiger partial charge in [-0.25, -0.2) is 0 Å². The first-order valence-electron chi connectivity index (χ1n) is 5.00. The monoisotopic (exact) mass is 355 g/mol. The summed E-state index contributed by atoms with van der Waals surface area (Å²) in [7, 11) is 0. The van der Waals surface area contributed by atoms with Gasteiger partial charge in [-0.3, -0.25) is 0 Å². The SMILES string of the molecule is CCSCCCNc1ccc(Cl)cc1I. The Labute approximate surface area is 114 Å². The molecule has 1 rings (SSSR count). The predicted molar refractivity (Wildman–Crippen MR) is 80.3 cm³/mol. The Morgan fingerprint density at radius 3 is 2.93 bits per heavy atom. The van der Waals surface area contributed by atoms with Crippen LogP contribution in [0.2, 0.25) is 5.02 Å². The molecule has 15 heavy (non-hydrogen) atoms. The van der Waals surface area contributed by atoms with Gasteiger partial charge in [-0.1, -0.05) is 18.5 Å². The van der Waals surface area contributed by atoms with Gasteiger partial charge in [-0.15, -0.1) is 0 Å². The summed E-state index contributed by atoms with van der Waals surface area (Å²) >= 11 is 10.2. The van der Waals surface area contributed by atoms with Gasteiger partial charge in [0.15, 0.2) is 0 Å². The second-order valence-corrected chi connectivity index (χ2v) is 6.09. The Kier molecular flexibility index (Phi) is 6.84. The second-order valence-electron chi connectivity index (χ2n) is 3.10. The summed E-state index contributed by atoms with van der Waals surface area (Å²) in [6, 6.07) is 5.94. The minimum atomic E-state index is 0.798. The van der Waals surface area contributed by atoms with Crippen molar-refractivity contribution in [2.75, 3.05) is 23.4 Å². The van der Waals surface area contributed by atoms with E-state index in [1.54, 1.807) is 0 Å². The lowest BCUT2D eigenvalue weighted by Gasteiger charge is -2.08. The molecule has 0 saturated heterocycles. The molecule has 0 bridgehead atoms. The molecule has 0 saturated carbocycles. The fourth-order valence-electron chi connectivity index (χ4n) is 1.17. The van der Waals surface area contributed by atoms with E-state index in [0.717, 1.165) is 11.6 Å². The molecule has 0 aliphatic heterocycles. The summed E-state index contributed by atoms with van der Waals surface area (Å²) in [5.41, 5.74) is 1.18. The number of benzene rings is 1. The summed E-state index contributed by atoms with van der Waals surface area (Å²) in [4.78, 5) is 0. The third-order valence-electron chi connectivity index (χ3n) is 1.92. The Balaban J connectivity index is 2.31. The quantitative estimate of drug-likeness (QED) is 0.595. The molecule has 0 aliphatic rings. The zero-order chi connectivity index (χ0) is 11.1. The fourth-order valence-corrected chi connectivity index (χ4v) is 2.87. The van der Waals surface area contributed by atoms with E-state index in [-0.39, 0.29) is 0 Å². The van der Waals surface area contributed by atoms with Gasteiger partial charge in [0, 0.05) is 20.8 Å². The van der Waals surface area contributed by atoms with E-state index >= 15 is 0 Å². The summed E-state index contributed by atoms with van der Waals surface area (Å²) in [6.45, 7) is 3.23. The molecule has 0 radical (unpaired) electrons. The van der Waals surface area contributed by atoms with Crippen LogP contribution in [0.25, 0.3) is 0 Å². The van der Waals surface area contributed by atoms with Crippen LogP contribution >= 0.6 is 46.0 Å². The van der Waals surface area contributed by atoms with E-state index in [1.165, 1.54) is 27.2 Å². The highest BCUT2D eigenvalue weighted by Gasteiger charge is 1.99. The minimum absolute atomic E-state index is 0.798. The average molecular weight is 356 g/mol. The van der Waals surface area contributed by atoms with Crippen LogP contribution in [0.1, 0.15) is 13.3 Å². The molecule has 0 fully saturated rings. The molecule has 1 aromatic rings. The maximum atomic E-state index is 5.88. The zero-order valence-corrected chi connectivity index (χ0v) is 12.5. The molecule has 1 nitrogen and oxygen atoms in total. The van der Waals surface area contributed by atoms with E-state index in [9.17, 15) is 0 Å². The molecular formula is C11H15ClINS. The number of hydrogen-bond acceptors (Lipinski definition) is 2. The molecule has 0 atom stereocenters. The van der Waals surface area contributed by atoms with Crippen molar-refractivity contribution in [1.29, 1.82) is 0 Å². The highest BCUT2D eigenvalue weighted by molar-refractivity contribution is 14.1. The molecule has 4 heteroatoms. The van der Waals surface area contributed by atoms with Gasteiger partial charge in [-0.05, 0) is 58.7 Å². The molecule has 0 spiro atoms. The smallest absolute Gasteiger partial charge is 0.0476 e. The van der Waals surface area contributed by atoms with Crippen molar-refractivity contribution in [3.8, 4) is 0 Å². The van der Waals surface area contributed by atoms with E-state index < -0.39 is 0 Å². The van der Waals surface area contributed by atoms with Crippen LogP contribution in [0.4, 0.5) is 5.69 Å². The minimum Gasteiger partial charge on any atom is -0.384 e. The van der Waals surface area contributed by atoms with Crippen molar-refractivity contribution >= 4 is 51.6 Å². The van der Waals surface area contributed by atoms with Crippen molar-refractivity contribution in [2.24, 2.45) is 0 Å². The van der Waals surface area contributed by atoms with Crippen molar-refractivity contribution in [1.82, 2.24) is 0 Å². The van der Waals surface area contributed by atoms with Gasteiger partial charge in [0.05, 0.1) is 0 Å². The molecule has 0 amide bonds. The van der Waals surface area contributed by atoms with Gasteiger partial charge in [0.25, 0.3) is 0 Å². The Morgan fingerprint density at radius 2 is 2.27 bits per heavy atom. The number of rotatable bonds is 6. The molecule has 1 aromatic carbocycles. The number of nitrogens with one attached hydrogen (secondary N) is 1. The van der Waals surface area contributed by atoms with Gasteiger partial charge in [-0.2, -0.15) is 11.8 Å². The summed E-state index contributed by atoms with van der Waals surface area (Å²) < 4.78 is 1.18. The molecule has 0 aromatic heterocycles. The van der Waals surface area contributed by atoms with Crippen molar-refractivity contribution < 1.29 is 0 Å². The molecule has 84 valence electrons. The molecular weight excluding hydrogens is 341 g/mol. The lowest BCUT2D eigenvalue weighted by atomic mass is 10.3. The van der Waals surface area contributed by atoms with E-state index in [1.807, 2.05) is 30.0 Å². The topological polar surface area (TPSA) is 12.0 Å². The van der Waals surface area contributed by atoms with Gasteiger partial charge in [0.2, 0.25) is 0 Å². The Hall–Kier alpha value is 0.390. The van der Waals surface area contributed by atoms with Crippen molar-refractivity contribution in [2.45, 2.75) is 13.3 Å². The van der Waals surface area contributed by atoms with Crippen LogP contribution in [0.15, 0.2) is 18.2 Å². The third-order valence-corrected chi connectivity index (χ3v) is 4.03. The van der Waals surface area contributed by atoms with Crippen LogP contribution in [-0.2, 0) is 0 Å². The number of thioether (sulfide) groups is 1. The van der Waals surface area contributed by atoms with Crippen LogP contribution in [-0.4, -0.2) is 18.1 Å². The van der Waals surface area contributed by atoms with E-state index in [4.69, 9.17) is 11.6 Å². The highest BCUT2D eigenvalue weighted by Crippen LogP contribution is 2.22. The summed E-state index contributed by atoms with van der Waals surface area (Å²) in [5.74, 6) is 2.44. The van der Waals surface area contributed by atoms with E-state index in [2.05, 4.69) is 34.8 Å². The first kappa shape index (κ1) is 13.5. The lowest BCUT2D eigenvalue weighted by molar-refractivity contribution is 0.990. The van der Waals surface area contributed by atoms with Gasteiger partial charge in [0.1, 0.15) is 0 Å². The largest absolute Gasteiger partial charge is 0.384 e. The Bertz CT molecular complexity index is 307. The van der Waals surface area contributed by atoms with Crippen LogP contribution in [0.5, 0.6) is 0 Å². The van der Waals surface area contributed by atoms with Crippen molar-refractivity contribution in [3.05, 3.63) is 26.8 Å². The van der Waals surface area contributed by atoms with Gasteiger partial charge < -0.3 is 5.32 Å². The normalized spacial score (nSPS) is 10.3. The van der Waals surface area contributed by atoms with Crippen LogP contribution in [0, 0.1) is 3.57 Å². The number of halogens is 2. The van der Waals surface area contributed by atoms with Gasteiger partial charge >= 0.3 is 0 Å². The maximum Gasteiger partial charge on any atom is 0.0476 e. The standard InChI is InChI=1S/C11H15ClINS/c1-2-15-7-3-6-14-11-5-4-9(12)8-10(11)13/h4-5,8,14H,2-3,6-7H2,1H3.